The molecule has 14 heavy (non-hydrogen) atoms. The van der Waals surface area contributed by atoms with Crippen LogP contribution in [0, 0.1) is 6.92 Å². The Morgan fingerprint density at radius 2 is 2.29 bits per heavy atom. The molecule has 4 heteroatoms. The Morgan fingerprint density at radius 1 is 1.57 bits per heavy atom. The predicted molar refractivity (Wildman–Crippen MR) is 59.3 cm³/mol. The summed E-state index contributed by atoms with van der Waals surface area (Å²) in [4.78, 5) is 4.29. The van der Waals surface area contributed by atoms with Gasteiger partial charge in [-0.1, -0.05) is 0 Å². The van der Waals surface area contributed by atoms with Crippen molar-refractivity contribution < 1.29 is 5.11 Å². The van der Waals surface area contributed by atoms with E-state index in [0.717, 1.165) is 28.7 Å². The van der Waals surface area contributed by atoms with Crippen molar-refractivity contribution in [2.45, 2.75) is 31.9 Å². The second-order valence-corrected chi connectivity index (χ2v) is 4.66. The van der Waals surface area contributed by atoms with Crippen LogP contribution in [0.5, 0.6) is 0 Å². The predicted octanol–water partition coefficient (Wildman–Crippen LogP) is 2.09. The third-order valence-corrected chi connectivity index (χ3v) is 3.04. The highest BCUT2D eigenvalue weighted by molar-refractivity contribution is 9.10. The van der Waals surface area contributed by atoms with Crippen molar-refractivity contribution >= 4 is 21.7 Å². The average Bonchev–Trinajstić information content (AvgIpc) is 2.06. The van der Waals surface area contributed by atoms with Gasteiger partial charge in [0.1, 0.15) is 5.82 Å². The molecule has 1 aliphatic carbocycles. The highest BCUT2D eigenvalue weighted by Gasteiger charge is 2.27. The quantitative estimate of drug-likeness (QED) is 0.852. The molecule has 1 fully saturated rings. The maximum absolute atomic E-state index is 9.14. The van der Waals surface area contributed by atoms with Crippen LogP contribution in [0.25, 0.3) is 0 Å². The Bertz CT molecular complexity index is 337. The second-order valence-electron chi connectivity index (χ2n) is 3.81. The minimum atomic E-state index is -0.128. The Kier molecular flexibility index (Phi) is 2.74. The van der Waals surface area contributed by atoms with E-state index in [1.807, 2.05) is 19.2 Å². The third-order valence-electron chi connectivity index (χ3n) is 2.43. The number of rotatable bonds is 2. The van der Waals surface area contributed by atoms with Crippen molar-refractivity contribution in [3.05, 3.63) is 22.3 Å². The summed E-state index contributed by atoms with van der Waals surface area (Å²) in [5.41, 5.74) is 1.14. The summed E-state index contributed by atoms with van der Waals surface area (Å²) in [6.07, 6.45) is 3.35. The van der Waals surface area contributed by atoms with Gasteiger partial charge >= 0.3 is 0 Å². The molecule has 1 saturated carbocycles. The van der Waals surface area contributed by atoms with Crippen molar-refractivity contribution in [1.82, 2.24) is 4.98 Å². The van der Waals surface area contributed by atoms with E-state index in [4.69, 9.17) is 5.11 Å². The van der Waals surface area contributed by atoms with Crippen LogP contribution in [0.1, 0.15) is 18.4 Å². The van der Waals surface area contributed by atoms with Gasteiger partial charge in [0.15, 0.2) is 0 Å². The third kappa shape index (κ3) is 2.07. The summed E-state index contributed by atoms with van der Waals surface area (Å²) in [5, 5.41) is 12.4. The van der Waals surface area contributed by atoms with E-state index < -0.39 is 0 Å². The van der Waals surface area contributed by atoms with E-state index in [1.165, 1.54) is 0 Å². The Hall–Kier alpha value is -0.610. The highest BCUT2D eigenvalue weighted by Crippen LogP contribution is 2.27. The van der Waals surface area contributed by atoms with Gasteiger partial charge in [-0.2, -0.15) is 0 Å². The van der Waals surface area contributed by atoms with Crippen LogP contribution >= 0.6 is 15.9 Å². The largest absolute Gasteiger partial charge is 0.393 e. The van der Waals surface area contributed by atoms with Crippen LogP contribution in [-0.2, 0) is 0 Å². The van der Waals surface area contributed by atoms with Crippen LogP contribution in [0.4, 0.5) is 5.82 Å². The molecule has 0 unspecified atom stereocenters. The lowest BCUT2D eigenvalue weighted by atomic mass is 9.89. The SMILES string of the molecule is Cc1cnc(NC2CC(O)C2)c(Br)c1. The molecule has 0 bridgehead atoms. The van der Waals surface area contributed by atoms with Gasteiger partial charge < -0.3 is 10.4 Å². The molecule has 0 amide bonds. The van der Waals surface area contributed by atoms with Crippen molar-refractivity contribution in [3.8, 4) is 0 Å². The van der Waals surface area contributed by atoms with E-state index >= 15 is 0 Å². The number of aliphatic hydroxyl groups excluding tert-OH is 1. The van der Waals surface area contributed by atoms with Gasteiger partial charge in [-0.15, -0.1) is 0 Å². The van der Waals surface area contributed by atoms with Crippen LogP contribution < -0.4 is 5.32 Å². The van der Waals surface area contributed by atoms with Crippen molar-refractivity contribution in [1.29, 1.82) is 0 Å². The Morgan fingerprint density at radius 3 is 2.86 bits per heavy atom. The molecule has 2 rings (SSSR count). The fourth-order valence-electron chi connectivity index (χ4n) is 1.54. The van der Waals surface area contributed by atoms with Gasteiger partial charge in [0.25, 0.3) is 0 Å². The number of pyridine rings is 1. The minimum Gasteiger partial charge on any atom is -0.393 e. The molecular weight excluding hydrogens is 244 g/mol. The summed E-state index contributed by atoms with van der Waals surface area (Å²) in [7, 11) is 0. The maximum Gasteiger partial charge on any atom is 0.140 e. The zero-order valence-corrected chi connectivity index (χ0v) is 9.58. The molecule has 0 aromatic carbocycles. The highest BCUT2D eigenvalue weighted by atomic mass is 79.9. The van der Waals surface area contributed by atoms with Crippen LogP contribution in [0.3, 0.4) is 0 Å². The summed E-state index contributed by atoms with van der Waals surface area (Å²) in [6, 6.07) is 2.40. The molecule has 0 saturated heterocycles. The van der Waals surface area contributed by atoms with Crippen molar-refractivity contribution in [3.63, 3.8) is 0 Å². The summed E-state index contributed by atoms with van der Waals surface area (Å²) >= 11 is 3.46. The fourth-order valence-corrected chi connectivity index (χ4v) is 2.12. The first-order valence-corrected chi connectivity index (χ1v) is 5.51. The monoisotopic (exact) mass is 256 g/mol. The molecule has 1 aliphatic rings. The summed E-state index contributed by atoms with van der Waals surface area (Å²) < 4.78 is 0.985. The van der Waals surface area contributed by atoms with Crippen LogP contribution in [-0.4, -0.2) is 22.2 Å². The fraction of sp³-hybridized carbons (Fsp3) is 0.500. The number of hydrogen-bond acceptors (Lipinski definition) is 3. The van der Waals surface area contributed by atoms with Crippen molar-refractivity contribution in [2.24, 2.45) is 0 Å². The molecule has 0 atom stereocenters. The Labute approximate surface area is 91.7 Å². The zero-order chi connectivity index (χ0) is 10.1. The van der Waals surface area contributed by atoms with Gasteiger partial charge in [0.2, 0.25) is 0 Å². The van der Waals surface area contributed by atoms with E-state index in [1.54, 1.807) is 0 Å². The molecule has 0 radical (unpaired) electrons. The molecular formula is C10H13BrN2O. The molecule has 76 valence electrons. The maximum atomic E-state index is 9.14. The molecule has 1 heterocycles. The number of anilines is 1. The van der Waals surface area contributed by atoms with Gasteiger partial charge in [0.05, 0.1) is 10.6 Å². The molecule has 0 aliphatic heterocycles. The number of nitrogens with one attached hydrogen (secondary N) is 1. The lowest BCUT2D eigenvalue weighted by molar-refractivity contribution is 0.0835. The van der Waals surface area contributed by atoms with Gasteiger partial charge in [0, 0.05) is 12.2 Å². The first-order valence-electron chi connectivity index (χ1n) is 4.72. The normalized spacial score (nSPS) is 25.6. The van der Waals surface area contributed by atoms with E-state index in [2.05, 4.69) is 26.2 Å². The van der Waals surface area contributed by atoms with E-state index in [0.29, 0.717) is 6.04 Å². The zero-order valence-electron chi connectivity index (χ0n) is 8.00. The molecule has 1 aromatic heterocycles. The molecule has 2 N–H and O–H groups in total. The van der Waals surface area contributed by atoms with Crippen molar-refractivity contribution in [2.75, 3.05) is 5.32 Å². The van der Waals surface area contributed by atoms with E-state index in [9.17, 15) is 0 Å². The number of hydrogen-bond donors (Lipinski definition) is 2. The number of aromatic nitrogens is 1. The van der Waals surface area contributed by atoms with E-state index in [-0.39, 0.29) is 6.10 Å². The van der Waals surface area contributed by atoms with Gasteiger partial charge in [-0.05, 0) is 47.3 Å². The number of nitrogens with zero attached hydrogens (tertiary/aromatic N) is 1. The summed E-state index contributed by atoms with van der Waals surface area (Å²) in [6.45, 7) is 2.01. The second kappa shape index (κ2) is 3.87. The average molecular weight is 257 g/mol. The lowest BCUT2D eigenvalue weighted by Crippen LogP contribution is -2.39. The smallest absolute Gasteiger partial charge is 0.140 e. The van der Waals surface area contributed by atoms with Gasteiger partial charge in [-0.25, -0.2) is 4.98 Å². The number of aliphatic hydroxyl groups is 1. The first kappa shape index (κ1) is 9.93. The Balaban J connectivity index is 2.02. The van der Waals surface area contributed by atoms with Gasteiger partial charge in [-0.3, -0.25) is 0 Å². The topological polar surface area (TPSA) is 45.2 Å². The van der Waals surface area contributed by atoms with Crippen LogP contribution in [0.15, 0.2) is 16.7 Å². The number of aryl methyl sites for hydroxylation is 1. The molecule has 1 aromatic rings. The number of halogens is 1. The molecule has 0 spiro atoms. The standard InChI is InChI=1S/C10H13BrN2O/c1-6-2-9(11)10(12-5-6)13-7-3-8(14)4-7/h2,5,7-8,14H,3-4H2,1H3,(H,12,13). The first-order chi connectivity index (χ1) is 6.65. The van der Waals surface area contributed by atoms with Crippen LogP contribution in [0.2, 0.25) is 0 Å². The lowest BCUT2D eigenvalue weighted by Gasteiger charge is -2.32. The minimum absolute atomic E-state index is 0.128. The molecule has 3 nitrogen and oxygen atoms in total. The summed E-state index contributed by atoms with van der Waals surface area (Å²) in [5.74, 6) is 0.868.